The molecule has 0 amide bonds. The SMILES string of the molecule is CC(C)C(N)COC1CCC1. The van der Waals surface area contributed by atoms with Crippen molar-refractivity contribution in [3.63, 3.8) is 0 Å². The summed E-state index contributed by atoms with van der Waals surface area (Å²) >= 11 is 0. The highest BCUT2D eigenvalue weighted by molar-refractivity contribution is 4.71. The zero-order chi connectivity index (χ0) is 8.27. The number of hydrogen-bond donors (Lipinski definition) is 1. The molecule has 2 N–H and O–H groups in total. The van der Waals surface area contributed by atoms with Crippen molar-refractivity contribution in [2.24, 2.45) is 11.7 Å². The van der Waals surface area contributed by atoms with Crippen LogP contribution in [-0.2, 0) is 4.74 Å². The molecule has 11 heavy (non-hydrogen) atoms. The van der Waals surface area contributed by atoms with Crippen molar-refractivity contribution in [2.45, 2.75) is 45.3 Å². The van der Waals surface area contributed by atoms with Gasteiger partial charge in [0.15, 0.2) is 0 Å². The molecule has 0 bridgehead atoms. The summed E-state index contributed by atoms with van der Waals surface area (Å²) in [6.45, 7) is 5.01. The highest BCUT2D eigenvalue weighted by Gasteiger charge is 2.19. The number of ether oxygens (including phenoxy) is 1. The molecule has 1 aliphatic carbocycles. The molecule has 2 heteroatoms. The normalized spacial score (nSPS) is 21.8. The molecule has 0 saturated heterocycles. The predicted octanol–water partition coefficient (Wildman–Crippen LogP) is 1.54. The van der Waals surface area contributed by atoms with E-state index in [4.69, 9.17) is 10.5 Å². The van der Waals surface area contributed by atoms with E-state index < -0.39 is 0 Å². The lowest BCUT2D eigenvalue weighted by Gasteiger charge is -2.27. The first-order chi connectivity index (χ1) is 5.20. The van der Waals surface area contributed by atoms with Crippen LogP contribution in [0.1, 0.15) is 33.1 Å². The van der Waals surface area contributed by atoms with Gasteiger partial charge in [-0.2, -0.15) is 0 Å². The average molecular weight is 157 g/mol. The third kappa shape index (κ3) is 2.80. The van der Waals surface area contributed by atoms with Gasteiger partial charge >= 0.3 is 0 Å². The van der Waals surface area contributed by atoms with Gasteiger partial charge in [0.25, 0.3) is 0 Å². The van der Waals surface area contributed by atoms with Crippen LogP contribution in [0.5, 0.6) is 0 Å². The van der Waals surface area contributed by atoms with Crippen LogP contribution in [0.3, 0.4) is 0 Å². The van der Waals surface area contributed by atoms with Crippen LogP contribution in [-0.4, -0.2) is 18.8 Å². The molecule has 0 radical (unpaired) electrons. The summed E-state index contributed by atoms with van der Waals surface area (Å²) in [5, 5.41) is 0. The first-order valence-electron chi connectivity index (χ1n) is 4.57. The first kappa shape index (κ1) is 9.01. The van der Waals surface area contributed by atoms with E-state index in [1.807, 2.05) is 0 Å². The largest absolute Gasteiger partial charge is 0.377 e. The van der Waals surface area contributed by atoms with E-state index in [2.05, 4.69) is 13.8 Å². The second kappa shape index (κ2) is 4.07. The molecular formula is C9H19NO. The predicted molar refractivity (Wildman–Crippen MR) is 46.4 cm³/mol. The van der Waals surface area contributed by atoms with Gasteiger partial charge in [-0.3, -0.25) is 0 Å². The first-order valence-corrected chi connectivity index (χ1v) is 4.57. The summed E-state index contributed by atoms with van der Waals surface area (Å²) in [6, 6.07) is 0.218. The molecule has 1 saturated carbocycles. The van der Waals surface area contributed by atoms with Gasteiger partial charge in [-0.15, -0.1) is 0 Å². The standard InChI is InChI=1S/C9H19NO/c1-7(2)9(10)6-11-8-4-3-5-8/h7-9H,3-6,10H2,1-2H3. The minimum absolute atomic E-state index is 0.218. The van der Waals surface area contributed by atoms with Gasteiger partial charge in [0, 0.05) is 6.04 Å². The second-order valence-corrected chi connectivity index (χ2v) is 3.79. The van der Waals surface area contributed by atoms with Gasteiger partial charge in [0.1, 0.15) is 0 Å². The van der Waals surface area contributed by atoms with Crippen molar-refractivity contribution in [3.05, 3.63) is 0 Å². The summed E-state index contributed by atoms with van der Waals surface area (Å²) in [4.78, 5) is 0. The van der Waals surface area contributed by atoms with E-state index >= 15 is 0 Å². The number of rotatable bonds is 4. The summed E-state index contributed by atoms with van der Waals surface area (Å²) < 4.78 is 5.58. The van der Waals surface area contributed by atoms with Crippen LogP contribution in [0, 0.1) is 5.92 Å². The molecule has 2 nitrogen and oxygen atoms in total. The smallest absolute Gasteiger partial charge is 0.0623 e. The molecule has 0 aromatic rings. The lowest BCUT2D eigenvalue weighted by Crippen LogP contribution is -2.35. The molecule has 66 valence electrons. The monoisotopic (exact) mass is 157 g/mol. The summed E-state index contributed by atoms with van der Waals surface area (Å²) in [6.07, 6.45) is 4.34. The van der Waals surface area contributed by atoms with Gasteiger partial charge in [0.05, 0.1) is 12.7 Å². The van der Waals surface area contributed by atoms with Crippen molar-refractivity contribution < 1.29 is 4.74 Å². The Bertz CT molecular complexity index is 110. The van der Waals surface area contributed by atoms with Crippen molar-refractivity contribution >= 4 is 0 Å². The fourth-order valence-corrected chi connectivity index (χ4v) is 0.977. The van der Waals surface area contributed by atoms with Crippen molar-refractivity contribution in [3.8, 4) is 0 Å². The van der Waals surface area contributed by atoms with Gasteiger partial charge in [0.2, 0.25) is 0 Å². The maximum atomic E-state index is 5.82. The third-order valence-corrected chi connectivity index (χ3v) is 2.43. The maximum absolute atomic E-state index is 5.82. The van der Waals surface area contributed by atoms with Gasteiger partial charge in [-0.1, -0.05) is 13.8 Å². The molecule has 0 aromatic heterocycles. The lowest BCUT2D eigenvalue weighted by atomic mass is 9.96. The van der Waals surface area contributed by atoms with Crippen LogP contribution in [0.25, 0.3) is 0 Å². The minimum atomic E-state index is 0.218. The fourth-order valence-electron chi connectivity index (χ4n) is 0.977. The molecule has 1 aliphatic rings. The zero-order valence-corrected chi connectivity index (χ0v) is 7.55. The van der Waals surface area contributed by atoms with Crippen LogP contribution in [0.2, 0.25) is 0 Å². The van der Waals surface area contributed by atoms with Crippen molar-refractivity contribution in [2.75, 3.05) is 6.61 Å². The van der Waals surface area contributed by atoms with Gasteiger partial charge < -0.3 is 10.5 Å². The minimum Gasteiger partial charge on any atom is -0.377 e. The average Bonchev–Trinajstić information content (AvgIpc) is 1.83. The Morgan fingerprint density at radius 2 is 2.09 bits per heavy atom. The number of nitrogens with two attached hydrogens (primary N) is 1. The van der Waals surface area contributed by atoms with Crippen molar-refractivity contribution in [1.82, 2.24) is 0 Å². The zero-order valence-electron chi connectivity index (χ0n) is 7.55. The van der Waals surface area contributed by atoms with Crippen LogP contribution < -0.4 is 5.73 Å². The summed E-state index contributed by atoms with van der Waals surface area (Å²) in [5.74, 6) is 0.537. The number of hydrogen-bond acceptors (Lipinski definition) is 2. The topological polar surface area (TPSA) is 35.2 Å². The Morgan fingerprint density at radius 3 is 2.45 bits per heavy atom. The molecule has 0 spiro atoms. The van der Waals surface area contributed by atoms with Gasteiger partial charge in [-0.25, -0.2) is 0 Å². The van der Waals surface area contributed by atoms with Crippen LogP contribution in [0.4, 0.5) is 0 Å². The van der Waals surface area contributed by atoms with E-state index in [1.165, 1.54) is 19.3 Å². The van der Waals surface area contributed by atoms with E-state index in [0.717, 1.165) is 6.61 Å². The molecule has 1 rings (SSSR count). The second-order valence-electron chi connectivity index (χ2n) is 3.79. The van der Waals surface area contributed by atoms with Crippen LogP contribution in [0.15, 0.2) is 0 Å². The quantitative estimate of drug-likeness (QED) is 0.672. The van der Waals surface area contributed by atoms with E-state index in [-0.39, 0.29) is 6.04 Å². The highest BCUT2D eigenvalue weighted by Crippen LogP contribution is 2.22. The van der Waals surface area contributed by atoms with Crippen LogP contribution >= 0.6 is 0 Å². The Balaban J connectivity index is 2.01. The Labute approximate surface area is 69.1 Å². The molecule has 1 unspecified atom stereocenters. The van der Waals surface area contributed by atoms with Crippen molar-refractivity contribution in [1.29, 1.82) is 0 Å². The highest BCUT2D eigenvalue weighted by atomic mass is 16.5. The molecule has 0 aliphatic heterocycles. The third-order valence-electron chi connectivity index (χ3n) is 2.43. The van der Waals surface area contributed by atoms with E-state index in [0.29, 0.717) is 12.0 Å². The maximum Gasteiger partial charge on any atom is 0.0623 e. The Hall–Kier alpha value is -0.0800. The molecular weight excluding hydrogens is 138 g/mol. The molecule has 1 atom stereocenters. The lowest BCUT2D eigenvalue weighted by molar-refractivity contribution is -0.00884. The molecule has 0 heterocycles. The summed E-state index contributed by atoms with van der Waals surface area (Å²) in [5.41, 5.74) is 5.82. The Morgan fingerprint density at radius 1 is 1.45 bits per heavy atom. The molecule has 0 aromatic carbocycles. The van der Waals surface area contributed by atoms with E-state index in [9.17, 15) is 0 Å². The molecule has 1 fully saturated rings. The summed E-state index contributed by atoms with van der Waals surface area (Å²) in [7, 11) is 0. The fraction of sp³-hybridized carbons (Fsp3) is 1.00. The van der Waals surface area contributed by atoms with E-state index in [1.54, 1.807) is 0 Å². The Kier molecular flexibility index (Phi) is 3.34. The van der Waals surface area contributed by atoms with Gasteiger partial charge in [-0.05, 0) is 25.2 Å².